The van der Waals surface area contributed by atoms with Crippen molar-refractivity contribution in [2.45, 2.75) is 58.1 Å². The van der Waals surface area contributed by atoms with Crippen LogP contribution in [0.15, 0.2) is 55.0 Å². The van der Waals surface area contributed by atoms with Crippen LogP contribution in [0.1, 0.15) is 57.1 Å². The number of pyridine rings is 2. The highest BCUT2D eigenvalue weighted by Crippen LogP contribution is 2.43. The fourth-order valence-corrected chi connectivity index (χ4v) is 4.42. The predicted molar refractivity (Wildman–Crippen MR) is 151 cm³/mol. The first-order valence-corrected chi connectivity index (χ1v) is 13.2. The molecule has 1 aliphatic carbocycles. The molecule has 0 saturated heterocycles. The number of amides is 2. The van der Waals surface area contributed by atoms with Gasteiger partial charge in [0.1, 0.15) is 17.2 Å². The Morgan fingerprint density at radius 3 is 2.62 bits per heavy atom. The summed E-state index contributed by atoms with van der Waals surface area (Å²) in [5.41, 5.74) is 3.92. The maximum atomic E-state index is 13.5. The quantitative estimate of drug-likeness (QED) is 0.332. The minimum atomic E-state index is -0.749. The van der Waals surface area contributed by atoms with Crippen LogP contribution in [0.3, 0.4) is 0 Å². The summed E-state index contributed by atoms with van der Waals surface area (Å²) in [6.45, 7) is 5.91. The molecule has 10 heteroatoms. The average molecular weight is 538 g/mol. The Morgan fingerprint density at radius 2 is 1.93 bits per heavy atom. The highest BCUT2D eigenvalue weighted by Gasteiger charge is 2.30. The lowest BCUT2D eigenvalue weighted by Crippen LogP contribution is -2.35. The van der Waals surface area contributed by atoms with E-state index in [2.05, 4.69) is 27.4 Å². The van der Waals surface area contributed by atoms with Crippen LogP contribution in [0.2, 0.25) is 0 Å². The number of carbonyl (C=O) groups excluding carboxylic acids is 2. The van der Waals surface area contributed by atoms with Gasteiger partial charge in [-0.3, -0.25) is 4.79 Å². The van der Waals surface area contributed by atoms with Gasteiger partial charge in [-0.1, -0.05) is 6.07 Å². The van der Waals surface area contributed by atoms with Crippen molar-refractivity contribution in [2.75, 3.05) is 11.9 Å². The number of hydrogen-bond donors (Lipinski definition) is 1. The van der Waals surface area contributed by atoms with Crippen molar-refractivity contribution in [3.63, 3.8) is 0 Å². The van der Waals surface area contributed by atoms with Crippen molar-refractivity contribution in [1.29, 1.82) is 5.26 Å². The molecule has 1 aliphatic rings. The number of carbonyl (C=O) groups is 2. The summed E-state index contributed by atoms with van der Waals surface area (Å²) in [5, 5.41) is 12.1. The molecule has 40 heavy (non-hydrogen) atoms. The molecule has 0 spiro atoms. The second-order valence-corrected chi connectivity index (χ2v) is 10.8. The van der Waals surface area contributed by atoms with E-state index in [-0.39, 0.29) is 11.7 Å². The molecule has 1 aromatic carbocycles. The van der Waals surface area contributed by atoms with Crippen LogP contribution in [0.5, 0.6) is 0 Å². The molecule has 10 nitrogen and oxygen atoms in total. The van der Waals surface area contributed by atoms with Gasteiger partial charge in [0.25, 0.3) is 0 Å². The molecule has 4 aromatic rings. The van der Waals surface area contributed by atoms with E-state index < -0.39 is 11.7 Å². The maximum absolute atomic E-state index is 13.5. The maximum Gasteiger partial charge on any atom is 0.421 e. The van der Waals surface area contributed by atoms with Crippen LogP contribution in [-0.2, 0) is 16.1 Å². The standard InChI is InChI=1S/C30H31N7O3/c1-30(2,3)40-29(39)37(26-13-19(17-31)9-11-33-26)27-16-22(20-5-6-20)15-23(35-27)21-7-8-25-24(14-21)34-18-36(25)12-10-28(38)32-4/h7-9,11,13-16,18,20H,5-6,10,12H2,1-4H3,(H,32,38). The van der Waals surface area contributed by atoms with Gasteiger partial charge in [-0.2, -0.15) is 5.26 Å². The zero-order valence-corrected chi connectivity index (χ0v) is 23.0. The molecule has 1 saturated carbocycles. The minimum absolute atomic E-state index is 0.0311. The molecular weight excluding hydrogens is 506 g/mol. The van der Waals surface area contributed by atoms with Gasteiger partial charge in [-0.25, -0.2) is 24.6 Å². The number of ether oxygens (including phenoxy) is 1. The fourth-order valence-electron chi connectivity index (χ4n) is 4.42. The van der Waals surface area contributed by atoms with E-state index in [1.165, 1.54) is 11.1 Å². The molecule has 2 amide bonds. The number of nitrogens with zero attached hydrogens (tertiary/aromatic N) is 6. The van der Waals surface area contributed by atoms with Crippen LogP contribution in [0.4, 0.5) is 16.4 Å². The largest absolute Gasteiger partial charge is 0.443 e. The van der Waals surface area contributed by atoms with Crippen LogP contribution < -0.4 is 10.2 Å². The summed E-state index contributed by atoms with van der Waals surface area (Å²) < 4.78 is 7.69. The normalized spacial score (nSPS) is 13.1. The van der Waals surface area contributed by atoms with E-state index in [1.807, 2.05) is 28.8 Å². The third-order valence-electron chi connectivity index (χ3n) is 6.57. The first kappa shape index (κ1) is 26.8. The average Bonchev–Trinajstić information content (AvgIpc) is 3.71. The van der Waals surface area contributed by atoms with Crippen LogP contribution in [0, 0.1) is 11.3 Å². The molecule has 0 atom stereocenters. The topological polar surface area (TPSA) is 126 Å². The summed E-state index contributed by atoms with van der Waals surface area (Å²) in [6, 6.07) is 15.1. The Bertz CT molecular complexity index is 1630. The zero-order valence-electron chi connectivity index (χ0n) is 23.0. The second kappa shape index (κ2) is 10.8. The van der Waals surface area contributed by atoms with Crippen LogP contribution in [-0.4, -0.2) is 44.2 Å². The number of benzene rings is 1. The monoisotopic (exact) mass is 537 g/mol. The lowest BCUT2D eigenvalue weighted by atomic mass is 10.1. The van der Waals surface area contributed by atoms with E-state index in [9.17, 15) is 14.9 Å². The molecular formula is C30H31N7O3. The number of aromatic nitrogens is 4. The Hall–Kier alpha value is -4.78. The van der Waals surface area contributed by atoms with Gasteiger partial charge in [0.15, 0.2) is 0 Å². The van der Waals surface area contributed by atoms with Crippen molar-refractivity contribution in [3.8, 4) is 17.3 Å². The SMILES string of the molecule is CNC(=O)CCn1cnc2cc(-c3cc(C4CC4)cc(N(C(=O)OC(C)(C)C)c4cc(C#N)ccn4)n3)ccc21. The van der Waals surface area contributed by atoms with Crippen molar-refractivity contribution >= 4 is 34.7 Å². The number of nitriles is 1. The third kappa shape index (κ3) is 5.94. The summed E-state index contributed by atoms with van der Waals surface area (Å²) in [7, 11) is 1.62. The molecule has 1 N–H and O–H groups in total. The lowest BCUT2D eigenvalue weighted by molar-refractivity contribution is -0.120. The summed E-state index contributed by atoms with van der Waals surface area (Å²) in [5.74, 6) is 0.973. The zero-order chi connectivity index (χ0) is 28.4. The Balaban J connectivity index is 1.58. The smallest absolute Gasteiger partial charge is 0.421 e. The van der Waals surface area contributed by atoms with Crippen molar-refractivity contribution in [1.82, 2.24) is 24.8 Å². The highest BCUT2D eigenvalue weighted by molar-refractivity contribution is 5.95. The van der Waals surface area contributed by atoms with Crippen molar-refractivity contribution in [3.05, 3.63) is 66.1 Å². The van der Waals surface area contributed by atoms with Gasteiger partial charge in [0.05, 0.1) is 34.7 Å². The number of aryl methyl sites for hydroxylation is 1. The van der Waals surface area contributed by atoms with Crippen molar-refractivity contribution < 1.29 is 14.3 Å². The number of nitrogens with one attached hydrogen (secondary N) is 1. The molecule has 204 valence electrons. The Morgan fingerprint density at radius 1 is 1.12 bits per heavy atom. The molecule has 0 aliphatic heterocycles. The molecule has 0 radical (unpaired) electrons. The van der Waals surface area contributed by atoms with E-state index in [1.54, 1.807) is 46.3 Å². The summed E-state index contributed by atoms with van der Waals surface area (Å²) in [6.07, 6.45) is 5.07. The van der Waals surface area contributed by atoms with Gasteiger partial charge in [-0.15, -0.1) is 0 Å². The van der Waals surface area contributed by atoms with E-state index in [0.717, 1.165) is 35.0 Å². The lowest BCUT2D eigenvalue weighted by Gasteiger charge is -2.27. The molecule has 0 bridgehead atoms. The minimum Gasteiger partial charge on any atom is -0.443 e. The number of imidazole rings is 1. The molecule has 3 heterocycles. The number of hydrogen-bond acceptors (Lipinski definition) is 7. The van der Waals surface area contributed by atoms with Crippen LogP contribution in [0.25, 0.3) is 22.3 Å². The molecule has 1 fully saturated rings. The Kier molecular flexibility index (Phi) is 7.22. The highest BCUT2D eigenvalue weighted by atomic mass is 16.6. The van der Waals surface area contributed by atoms with E-state index in [0.29, 0.717) is 36.0 Å². The summed E-state index contributed by atoms with van der Waals surface area (Å²) in [4.78, 5) is 40.4. The third-order valence-corrected chi connectivity index (χ3v) is 6.57. The number of anilines is 2. The van der Waals surface area contributed by atoms with Gasteiger partial charge >= 0.3 is 6.09 Å². The van der Waals surface area contributed by atoms with Gasteiger partial charge < -0.3 is 14.6 Å². The van der Waals surface area contributed by atoms with E-state index >= 15 is 0 Å². The second-order valence-electron chi connectivity index (χ2n) is 10.8. The van der Waals surface area contributed by atoms with Gasteiger partial charge in [0, 0.05) is 31.8 Å². The Labute approximate surface area is 232 Å². The summed E-state index contributed by atoms with van der Waals surface area (Å²) >= 11 is 0. The van der Waals surface area contributed by atoms with Gasteiger partial charge in [0.2, 0.25) is 5.91 Å². The number of fused-ring (bicyclic) bond motifs is 1. The van der Waals surface area contributed by atoms with E-state index in [4.69, 9.17) is 9.72 Å². The predicted octanol–water partition coefficient (Wildman–Crippen LogP) is 5.45. The first-order valence-electron chi connectivity index (χ1n) is 13.2. The molecule has 0 unspecified atom stereocenters. The molecule has 5 rings (SSSR count). The first-order chi connectivity index (χ1) is 19.1. The van der Waals surface area contributed by atoms with Crippen LogP contribution >= 0.6 is 0 Å². The number of rotatable bonds is 7. The van der Waals surface area contributed by atoms with Crippen molar-refractivity contribution in [2.24, 2.45) is 0 Å². The molecule has 3 aromatic heterocycles. The van der Waals surface area contributed by atoms with Gasteiger partial charge in [-0.05, 0) is 81.5 Å². The fraction of sp³-hybridized carbons (Fsp3) is 0.333.